The van der Waals surface area contributed by atoms with Gasteiger partial charge < -0.3 is 10.2 Å². The van der Waals surface area contributed by atoms with Crippen LogP contribution in [0.25, 0.3) is 0 Å². The van der Waals surface area contributed by atoms with Gasteiger partial charge in [0.15, 0.2) is 0 Å². The summed E-state index contributed by atoms with van der Waals surface area (Å²) in [7, 11) is -3.94. The van der Waals surface area contributed by atoms with E-state index in [0.717, 1.165) is 22.7 Å². The first-order valence-electron chi connectivity index (χ1n) is 11.1. The normalized spacial score (nSPS) is 13.1. The molecular weight excluding hydrogens is 516 g/mol. The predicted molar refractivity (Wildman–Crippen MR) is 138 cm³/mol. The van der Waals surface area contributed by atoms with Crippen molar-refractivity contribution in [3.8, 4) is 0 Å². The van der Waals surface area contributed by atoms with Crippen molar-refractivity contribution < 1.29 is 22.4 Å². The molecule has 7 nitrogen and oxygen atoms in total. The molecule has 0 radical (unpaired) electrons. The van der Waals surface area contributed by atoms with Gasteiger partial charge in [-0.15, -0.1) is 0 Å². The summed E-state index contributed by atoms with van der Waals surface area (Å²) in [5, 5.41) is 3.14. The van der Waals surface area contributed by atoms with Gasteiger partial charge in [0.05, 0.1) is 17.0 Å². The van der Waals surface area contributed by atoms with Crippen molar-refractivity contribution in [2.45, 2.75) is 52.2 Å². The van der Waals surface area contributed by atoms with Gasteiger partial charge >= 0.3 is 0 Å². The molecule has 2 aromatic carbocycles. The molecule has 2 aromatic rings. The molecule has 2 atom stereocenters. The number of carbonyl (C=O) groups excluding carboxylic acids is 2. The number of nitrogens with zero attached hydrogens (tertiary/aromatic N) is 2. The molecule has 2 rings (SSSR count). The molecule has 0 saturated heterocycles. The van der Waals surface area contributed by atoms with Gasteiger partial charge in [-0.2, -0.15) is 0 Å². The second kappa shape index (κ2) is 12.6. The SMILES string of the molecule is CC[C@H](C)NC(=O)[C@H](CC)N(Cc1ccc(Cl)cc1)C(=O)CN(c1ccc(F)c(Cl)c1)S(C)(=O)=O. The summed E-state index contributed by atoms with van der Waals surface area (Å²) in [5.74, 6) is -1.65. The van der Waals surface area contributed by atoms with Crippen LogP contribution in [0, 0.1) is 5.82 Å². The van der Waals surface area contributed by atoms with Crippen molar-refractivity contribution in [3.05, 3.63) is 63.9 Å². The number of carbonyl (C=O) groups is 2. The number of anilines is 1. The standard InChI is InChI=1S/C24H30Cl2FN3O4S/c1-5-16(3)28-24(32)22(6-2)29(14-17-7-9-18(25)10-8-17)23(31)15-30(35(4,33)34)19-11-12-21(27)20(26)13-19/h7-13,16,22H,5-6,14-15H2,1-4H3,(H,28,32)/t16-,22-/m0/s1. The lowest BCUT2D eigenvalue weighted by Crippen LogP contribution is -2.53. The van der Waals surface area contributed by atoms with E-state index in [1.807, 2.05) is 13.8 Å². The molecule has 11 heteroatoms. The maximum Gasteiger partial charge on any atom is 0.244 e. The summed E-state index contributed by atoms with van der Waals surface area (Å²) in [6, 6.07) is 9.26. The Morgan fingerprint density at radius 3 is 2.20 bits per heavy atom. The number of rotatable bonds is 11. The second-order valence-electron chi connectivity index (χ2n) is 8.26. The number of benzene rings is 2. The Kier molecular flexibility index (Phi) is 10.4. The maximum absolute atomic E-state index is 13.7. The fourth-order valence-corrected chi connectivity index (χ4v) is 4.54. The van der Waals surface area contributed by atoms with E-state index in [2.05, 4.69) is 5.32 Å². The Hall–Kier alpha value is -2.36. The number of hydrogen-bond acceptors (Lipinski definition) is 4. The monoisotopic (exact) mass is 545 g/mol. The largest absolute Gasteiger partial charge is 0.352 e. The highest BCUT2D eigenvalue weighted by molar-refractivity contribution is 7.92. The van der Waals surface area contributed by atoms with Crippen molar-refractivity contribution >= 4 is 50.7 Å². The molecule has 0 fully saturated rings. The third kappa shape index (κ3) is 8.08. The number of hydrogen-bond donors (Lipinski definition) is 1. The molecule has 0 unspecified atom stereocenters. The zero-order valence-corrected chi connectivity index (χ0v) is 22.4. The smallest absolute Gasteiger partial charge is 0.244 e. The quantitative estimate of drug-likeness (QED) is 0.446. The van der Waals surface area contributed by atoms with E-state index < -0.39 is 34.3 Å². The van der Waals surface area contributed by atoms with Crippen molar-refractivity contribution in [3.63, 3.8) is 0 Å². The molecule has 0 spiro atoms. The van der Waals surface area contributed by atoms with E-state index in [0.29, 0.717) is 23.4 Å². The van der Waals surface area contributed by atoms with Crippen LogP contribution in [-0.4, -0.2) is 50.0 Å². The molecule has 0 bridgehead atoms. The lowest BCUT2D eigenvalue weighted by Gasteiger charge is -2.33. The van der Waals surface area contributed by atoms with E-state index in [4.69, 9.17) is 23.2 Å². The van der Waals surface area contributed by atoms with Gasteiger partial charge in [-0.3, -0.25) is 13.9 Å². The maximum atomic E-state index is 13.7. The molecule has 0 aliphatic rings. The fraction of sp³-hybridized carbons (Fsp3) is 0.417. The van der Waals surface area contributed by atoms with Crippen molar-refractivity contribution in [2.24, 2.45) is 0 Å². The van der Waals surface area contributed by atoms with Crippen molar-refractivity contribution in [1.82, 2.24) is 10.2 Å². The minimum atomic E-state index is -3.94. The van der Waals surface area contributed by atoms with E-state index in [-0.39, 0.29) is 29.2 Å². The van der Waals surface area contributed by atoms with E-state index in [9.17, 15) is 22.4 Å². The Morgan fingerprint density at radius 1 is 1.06 bits per heavy atom. The molecule has 0 aliphatic heterocycles. The lowest BCUT2D eigenvalue weighted by atomic mass is 10.1. The van der Waals surface area contributed by atoms with Crippen LogP contribution in [0.15, 0.2) is 42.5 Å². The topological polar surface area (TPSA) is 86.8 Å². The first kappa shape index (κ1) is 28.9. The molecule has 0 aromatic heterocycles. The fourth-order valence-electron chi connectivity index (χ4n) is 3.40. The summed E-state index contributed by atoms with van der Waals surface area (Å²) in [5.41, 5.74) is 0.754. The minimum absolute atomic E-state index is 0.0378. The average Bonchev–Trinajstić information content (AvgIpc) is 2.79. The van der Waals surface area contributed by atoms with Crippen LogP contribution in [0.4, 0.5) is 10.1 Å². The number of halogens is 3. The van der Waals surface area contributed by atoms with Crippen molar-refractivity contribution in [1.29, 1.82) is 0 Å². The van der Waals surface area contributed by atoms with Gasteiger partial charge in [0, 0.05) is 17.6 Å². The van der Waals surface area contributed by atoms with Gasteiger partial charge in [0.2, 0.25) is 21.8 Å². The third-order valence-corrected chi connectivity index (χ3v) is 7.21. The van der Waals surface area contributed by atoms with Crippen LogP contribution in [0.3, 0.4) is 0 Å². The third-order valence-electron chi connectivity index (χ3n) is 5.52. The van der Waals surface area contributed by atoms with Crippen LogP contribution < -0.4 is 9.62 Å². The number of amides is 2. The molecular formula is C24H30Cl2FN3O4S. The molecule has 0 saturated carbocycles. The summed E-state index contributed by atoms with van der Waals surface area (Å²) in [4.78, 5) is 28.0. The molecule has 192 valence electrons. The average molecular weight is 546 g/mol. The summed E-state index contributed by atoms with van der Waals surface area (Å²) >= 11 is 11.8. The zero-order chi connectivity index (χ0) is 26.3. The molecule has 35 heavy (non-hydrogen) atoms. The molecule has 2 amide bonds. The van der Waals surface area contributed by atoms with Crippen LogP contribution in [0.1, 0.15) is 39.2 Å². The highest BCUT2D eigenvalue weighted by Crippen LogP contribution is 2.25. The Morgan fingerprint density at radius 2 is 1.69 bits per heavy atom. The summed E-state index contributed by atoms with van der Waals surface area (Å²) < 4.78 is 39.6. The van der Waals surface area contributed by atoms with Crippen LogP contribution >= 0.6 is 23.2 Å². The van der Waals surface area contributed by atoms with Gasteiger partial charge in [-0.1, -0.05) is 49.2 Å². The van der Waals surface area contributed by atoms with Crippen molar-refractivity contribution in [2.75, 3.05) is 17.1 Å². The zero-order valence-electron chi connectivity index (χ0n) is 20.1. The van der Waals surface area contributed by atoms with Crippen LogP contribution in [-0.2, 0) is 26.2 Å². The second-order valence-corrected chi connectivity index (χ2v) is 11.0. The van der Waals surface area contributed by atoms with Gasteiger partial charge in [0.1, 0.15) is 18.4 Å². The first-order valence-corrected chi connectivity index (χ1v) is 13.7. The number of sulfonamides is 1. The van der Waals surface area contributed by atoms with E-state index in [1.54, 1.807) is 31.2 Å². The molecule has 1 N–H and O–H groups in total. The minimum Gasteiger partial charge on any atom is -0.352 e. The first-order chi connectivity index (χ1) is 16.4. The lowest BCUT2D eigenvalue weighted by molar-refractivity contribution is -0.140. The molecule has 0 aliphatic carbocycles. The van der Waals surface area contributed by atoms with Gasteiger partial charge in [-0.25, -0.2) is 12.8 Å². The van der Waals surface area contributed by atoms with E-state index >= 15 is 0 Å². The Bertz CT molecular complexity index is 1150. The van der Waals surface area contributed by atoms with Crippen LogP contribution in [0.5, 0.6) is 0 Å². The predicted octanol–water partition coefficient (Wildman–Crippen LogP) is 4.62. The van der Waals surface area contributed by atoms with Gasteiger partial charge in [-0.05, 0) is 55.7 Å². The van der Waals surface area contributed by atoms with Crippen LogP contribution in [0.2, 0.25) is 10.0 Å². The summed E-state index contributed by atoms with van der Waals surface area (Å²) in [6.07, 6.45) is 1.96. The van der Waals surface area contributed by atoms with Gasteiger partial charge in [0.25, 0.3) is 0 Å². The highest BCUT2D eigenvalue weighted by atomic mass is 35.5. The van der Waals surface area contributed by atoms with E-state index in [1.165, 1.54) is 11.0 Å². The highest BCUT2D eigenvalue weighted by Gasteiger charge is 2.32. The Labute approximate surface area is 216 Å². The Balaban J connectivity index is 2.45. The molecule has 0 heterocycles. The number of nitrogens with one attached hydrogen (secondary N) is 1. The summed E-state index contributed by atoms with van der Waals surface area (Å²) in [6.45, 7) is 5.03.